The molecule has 238 valence electrons. The van der Waals surface area contributed by atoms with Crippen molar-refractivity contribution in [2.45, 2.75) is 0 Å². The molecule has 0 unspecified atom stereocenters. The first-order valence-corrected chi connectivity index (χ1v) is 17.1. The van der Waals surface area contributed by atoms with Crippen molar-refractivity contribution in [1.29, 1.82) is 0 Å². The van der Waals surface area contributed by atoms with Gasteiger partial charge in [-0.3, -0.25) is 0 Å². The summed E-state index contributed by atoms with van der Waals surface area (Å²) in [5.41, 5.74) is 9.45. The van der Waals surface area contributed by atoms with E-state index in [-0.39, 0.29) is 0 Å². The number of hydrogen-bond donors (Lipinski definition) is 0. The normalized spacial score (nSPS) is 11.7. The van der Waals surface area contributed by atoms with Gasteiger partial charge in [0, 0.05) is 27.6 Å². The molecule has 0 atom stereocenters. The van der Waals surface area contributed by atoms with E-state index in [0.717, 1.165) is 55.7 Å². The van der Waals surface area contributed by atoms with Gasteiger partial charge in [-0.1, -0.05) is 158 Å². The molecule has 4 heteroatoms. The van der Waals surface area contributed by atoms with E-state index in [2.05, 4.69) is 127 Å². The average molecular weight is 652 g/mol. The van der Waals surface area contributed by atoms with Crippen molar-refractivity contribution in [2.24, 2.45) is 0 Å². The molecule has 4 nitrogen and oxygen atoms in total. The number of ether oxygens (including phenoxy) is 1. The van der Waals surface area contributed by atoms with Gasteiger partial charge in [0.15, 0.2) is 17.5 Å². The molecule has 0 amide bonds. The van der Waals surface area contributed by atoms with Gasteiger partial charge in [-0.2, -0.15) is 0 Å². The maximum Gasteiger partial charge on any atom is 0.164 e. The van der Waals surface area contributed by atoms with Crippen molar-refractivity contribution in [2.75, 3.05) is 0 Å². The van der Waals surface area contributed by atoms with Crippen LogP contribution in [0.15, 0.2) is 176 Å². The second-order valence-electron chi connectivity index (χ2n) is 12.8. The molecule has 1 aromatic heterocycles. The molecule has 0 radical (unpaired) electrons. The highest BCUT2D eigenvalue weighted by molar-refractivity contribution is 6.11. The van der Waals surface area contributed by atoms with E-state index in [0.29, 0.717) is 17.5 Å². The molecule has 0 aliphatic carbocycles. The molecule has 0 fully saturated rings. The standard InChI is InChI=1S/C47H29N3O/c1-3-12-32(13-4-1)37-27-28-42-43-38(37)17-9-18-39(43)44-40(19-10-20-41(44)51-42)47-49-45(33-14-5-2-6-15-33)48-46(50-47)34-24-21-31(22-25-34)36-26-23-30-11-7-8-16-35(30)29-36/h1-29H. The molecule has 0 saturated heterocycles. The molecule has 51 heavy (non-hydrogen) atoms. The molecule has 0 bridgehead atoms. The van der Waals surface area contributed by atoms with Crippen LogP contribution in [0.1, 0.15) is 0 Å². The van der Waals surface area contributed by atoms with Gasteiger partial charge >= 0.3 is 0 Å². The van der Waals surface area contributed by atoms with E-state index in [1.54, 1.807) is 0 Å². The number of rotatable bonds is 5. The third-order valence-corrected chi connectivity index (χ3v) is 9.74. The Morgan fingerprint density at radius 2 is 0.941 bits per heavy atom. The smallest absolute Gasteiger partial charge is 0.164 e. The van der Waals surface area contributed by atoms with E-state index in [4.69, 9.17) is 19.7 Å². The van der Waals surface area contributed by atoms with Gasteiger partial charge in [-0.15, -0.1) is 0 Å². The van der Waals surface area contributed by atoms with Gasteiger partial charge < -0.3 is 4.74 Å². The fourth-order valence-corrected chi connectivity index (χ4v) is 7.26. The summed E-state index contributed by atoms with van der Waals surface area (Å²) in [6.45, 7) is 0. The zero-order valence-electron chi connectivity index (χ0n) is 27.5. The predicted octanol–water partition coefficient (Wildman–Crippen LogP) is 12.3. The van der Waals surface area contributed by atoms with Crippen molar-refractivity contribution in [3.8, 4) is 79.0 Å². The van der Waals surface area contributed by atoms with E-state index in [1.165, 1.54) is 27.5 Å². The second-order valence-corrected chi connectivity index (χ2v) is 12.8. The molecule has 0 N–H and O–H groups in total. The number of nitrogens with zero attached hydrogens (tertiary/aromatic N) is 3. The van der Waals surface area contributed by atoms with Crippen LogP contribution in [0.3, 0.4) is 0 Å². The minimum Gasteiger partial charge on any atom is -0.456 e. The molecular formula is C47H29N3O. The van der Waals surface area contributed by atoms with E-state index in [9.17, 15) is 0 Å². The topological polar surface area (TPSA) is 47.9 Å². The summed E-state index contributed by atoms with van der Waals surface area (Å²) >= 11 is 0. The van der Waals surface area contributed by atoms with Crippen LogP contribution in [0.2, 0.25) is 0 Å². The number of benzene rings is 8. The lowest BCUT2D eigenvalue weighted by molar-refractivity contribution is 0.487. The van der Waals surface area contributed by atoms with Crippen LogP contribution >= 0.6 is 0 Å². The lowest BCUT2D eigenvalue weighted by atomic mass is 9.88. The fourth-order valence-electron chi connectivity index (χ4n) is 7.26. The lowest BCUT2D eigenvalue weighted by Crippen LogP contribution is -2.04. The molecule has 9 aromatic rings. The van der Waals surface area contributed by atoms with Gasteiger partial charge in [0.05, 0.1) is 0 Å². The van der Waals surface area contributed by atoms with Crippen molar-refractivity contribution in [3.05, 3.63) is 176 Å². The first-order chi connectivity index (χ1) is 25.3. The third-order valence-electron chi connectivity index (χ3n) is 9.74. The van der Waals surface area contributed by atoms with Crippen LogP contribution < -0.4 is 4.74 Å². The summed E-state index contributed by atoms with van der Waals surface area (Å²) in [6.07, 6.45) is 0. The maximum absolute atomic E-state index is 6.64. The van der Waals surface area contributed by atoms with Crippen molar-refractivity contribution in [3.63, 3.8) is 0 Å². The highest BCUT2D eigenvalue weighted by Crippen LogP contribution is 2.51. The SMILES string of the molecule is c1ccc(-c2nc(-c3ccc(-c4ccc5ccccc5c4)cc3)nc(-c3cccc4c3-c3cccc5c(-c6ccccc6)ccc(c35)O4)n2)cc1. The van der Waals surface area contributed by atoms with Crippen LogP contribution in [-0.4, -0.2) is 15.0 Å². The van der Waals surface area contributed by atoms with Gasteiger partial charge in [0.25, 0.3) is 0 Å². The minimum absolute atomic E-state index is 0.595. The molecule has 1 aliphatic rings. The van der Waals surface area contributed by atoms with E-state index < -0.39 is 0 Å². The fraction of sp³-hybridized carbons (Fsp3) is 0. The van der Waals surface area contributed by atoms with Crippen molar-refractivity contribution in [1.82, 2.24) is 15.0 Å². The Morgan fingerprint density at radius 1 is 0.333 bits per heavy atom. The highest BCUT2D eigenvalue weighted by atomic mass is 16.5. The van der Waals surface area contributed by atoms with Gasteiger partial charge in [-0.05, 0) is 62.2 Å². The molecular weight excluding hydrogens is 623 g/mol. The summed E-state index contributed by atoms with van der Waals surface area (Å²) in [7, 11) is 0. The summed E-state index contributed by atoms with van der Waals surface area (Å²) in [5, 5.41) is 4.68. The second kappa shape index (κ2) is 11.9. The highest BCUT2D eigenvalue weighted by Gasteiger charge is 2.26. The van der Waals surface area contributed by atoms with E-state index in [1.807, 2.05) is 48.5 Å². The number of fused-ring (bicyclic) bond motifs is 3. The van der Waals surface area contributed by atoms with Crippen LogP contribution in [-0.2, 0) is 0 Å². The summed E-state index contributed by atoms with van der Waals surface area (Å²) in [4.78, 5) is 15.3. The van der Waals surface area contributed by atoms with Crippen LogP contribution in [0, 0.1) is 0 Å². The Hall–Kier alpha value is -6.91. The number of hydrogen-bond acceptors (Lipinski definition) is 4. The molecule has 2 heterocycles. The van der Waals surface area contributed by atoms with Gasteiger partial charge in [0.1, 0.15) is 11.5 Å². The first kappa shape index (κ1) is 29.0. The largest absolute Gasteiger partial charge is 0.456 e. The third kappa shape index (κ3) is 5.04. The predicted molar refractivity (Wildman–Crippen MR) is 208 cm³/mol. The molecule has 8 aromatic carbocycles. The van der Waals surface area contributed by atoms with Gasteiger partial charge in [0.2, 0.25) is 0 Å². The first-order valence-electron chi connectivity index (χ1n) is 17.1. The van der Waals surface area contributed by atoms with Gasteiger partial charge in [-0.25, -0.2) is 15.0 Å². The average Bonchev–Trinajstić information content (AvgIpc) is 3.21. The number of aromatic nitrogens is 3. The summed E-state index contributed by atoms with van der Waals surface area (Å²) in [6, 6.07) is 61.0. The summed E-state index contributed by atoms with van der Waals surface area (Å²) in [5.74, 6) is 3.45. The Labute approximate surface area is 295 Å². The zero-order valence-corrected chi connectivity index (χ0v) is 27.5. The molecule has 0 saturated carbocycles. The van der Waals surface area contributed by atoms with E-state index >= 15 is 0 Å². The lowest BCUT2D eigenvalue weighted by Gasteiger charge is -2.24. The van der Waals surface area contributed by atoms with Crippen molar-refractivity contribution >= 4 is 21.5 Å². The quantitative estimate of drug-likeness (QED) is 0.186. The minimum atomic E-state index is 0.595. The zero-order chi connectivity index (χ0) is 33.7. The molecule has 1 aliphatic heterocycles. The van der Waals surface area contributed by atoms with Crippen molar-refractivity contribution < 1.29 is 4.74 Å². The Bertz CT molecular complexity index is 2760. The summed E-state index contributed by atoms with van der Waals surface area (Å²) < 4.78 is 6.64. The van der Waals surface area contributed by atoms with Crippen LogP contribution in [0.25, 0.3) is 89.1 Å². The van der Waals surface area contributed by atoms with Crippen LogP contribution in [0.4, 0.5) is 0 Å². The Kier molecular flexibility index (Phi) is 6.78. The Balaban J connectivity index is 1.13. The molecule has 0 spiro atoms. The monoisotopic (exact) mass is 651 g/mol. The maximum atomic E-state index is 6.64. The molecule has 10 rings (SSSR count). The van der Waals surface area contributed by atoms with Crippen LogP contribution in [0.5, 0.6) is 11.5 Å². The Morgan fingerprint density at radius 3 is 1.73 bits per heavy atom.